The largest absolute Gasteiger partial charge is 0.420 e. The molecule has 0 aliphatic heterocycles. The molecule has 142 valence electrons. The minimum absolute atomic E-state index is 0.418. The average Bonchev–Trinajstić information content (AvgIpc) is 3.41. The second-order valence-electron chi connectivity index (χ2n) is 6.14. The van der Waals surface area contributed by atoms with Crippen molar-refractivity contribution >= 4 is 44.9 Å². The van der Waals surface area contributed by atoms with Crippen LogP contribution in [0, 0.1) is 0 Å². The van der Waals surface area contributed by atoms with Gasteiger partial charge < -0.3 is 4.42 Å². The Hall–Kier alpha value is -2.74. The van der Waals surface area contributed by atoms with Crippen molar-refractivity contribution in [2.45, 2.75) is 10.8 Å². The zero-order valence-corrected chi connectivity index (χ0v) is 17.3. The Labute approximate surface area is 179 Å². The molecule has 0 unspecified atom stereocenters. The van der Waals surface area contributed by atoms with Gasteiger partial charge in [0.25, 0.3) is 0 Å². The second-order valence-corrected chi connectivity index (χ2v) is 8.55. The number of benzene rings is 2. The van der Waals surface area contributed by atoms with Crippen LogP contribution in [0.4, 0.5) is 0 Å². The normalized spacial score (nSPS) is 11.2. The van der Waals surface area contributed by atoms with Gasteiger partial charge in [0.15, 0.2) is 0 Å². The first-order chi connectivity index (χ1) is 14.3. The van der Waals surface area contributed by atoms with Crippen LogP contribution < -0.4 is 0 Å². The summed E-state index contributed by atoms with van der Waals surface area (Å²) in [6, 6.07) is 19.8. The van der Waals surface area contributed by atoms with Crippen LogP contribution in [-0.2, 0) is 5.75 Å². The van der Waals surface area contributed by atoms with Crippen molar-refractivity contribution in [2.75, 3.05) is 0 Å². The van der Waals surface area contributed by atoms with E-state index in [9.17, 15) is 0 Å². The van der Waals surface area contributed by atoms with E-state index in [-0.39, 0.29) is 0 Å². The molecule has 5 aromatic rings. The molecule has 0 aliphatic carbocycles. The molecule has 29 heavy (non-hydrogen) atoms. The Balaban J connectivity index is 1.39. The molecule has 0 bridgehead atoms. The van der Waals surface area contributed by atoms with Crippen LogP contribution in [0.25, 0.3) is 32.1 Å². The van der Waals surface area contributed by atoms with Crippen LogP contribution in [0.5, 0.6) is 0 Å². The number of fused-ring (bicyclic) bond motifs is 1. The Kier molecular flexibility index (Phi) is 5.01. The quantitative estimate of drug-likeness (QED) is 0.236. The summed E-state index contributed by atoms with van der Waals surface area (Å²) in [7, 11) is 0. The third-order valence-electron chi connectivity index (χ3n) is 4.25. The maximum absolute atomic E-state index is 6.21. The Morgan fingerprint density at radius 2 is 1.79 bits per heavy atom. The predicted molar refractivity (Wildman–Crippen MR) is 117 cm³/mol. The zero-order chi connectivity index (χ0) is 19.6. The molecule has 0 saturated heterocycles. The van der Waals surface area contributed by atoms with Gasteiger partial charge in [-0.05, 0) is 23.8 Å². The highest BCUT2D eigenvalue weighted by Gasteiger charge is 2.14. The fourth-order valence-corrected chi connectivity index (χ4v) is 4.97. The second kappa shape index (κ2) is 7.94. The summed E-state index contributed by atoms with van der Waals surface area (Å²) in [6.07, 6.45) is 1.60. The molecular weight excluding hydrogens is 424 g/mol. The molecule has 8 heteroatoms. The molecule has 0 aliphatic rings. The molecule has 0 amide bonds. The molecule has 0 fully saturated rings. The number of hydrogen-bond donors (Lipinski definition) is 0. The van der Waals surface area contributed by atoms with E-state index in [0.29, 0.717) is 22.6 Å². The number of nitrogens with zero attached hydrogens (tertiary/aromatic N) is 4. The third-order valence-corrected chi connectivity index (χ3v) is 6.67. The topological polar surface area (TPSA) is 64.7 Å². The standard InChI is InChI=1S/C21H13ClN4OS2/c22-16-9-5-4-8-14(16)19-26-25-18(27-19)11-28-20-15-10-17(13-6-2-1-3-7-13)29-21(15)24-12-23-20/h1-10,12H,11H2. The van der Waals surface area contributed by atoms with Crippen LogP contribution in [0.3, 0.4) is 0 Å². The van der Waals surface area contributed by atoms with Crippen molar-refractivity contribution in [3.05, 3.63) is 77.9 Å². The first-order valence-electron chi connectivity index (χ1n) is 8.78. The summed E-state index contributed by atoms with van der Waals surface area (Å²) in [5.74, 6) is 1.45. The number of halogens is 1. The predicted octanol–water partition coefficient (Wildman–Crippen LogP) is 6.35. The van der Waals surface area contributed by atoms with Gasteiger partial charge in [-0.15, -0.1) is 21.5 Å². The van der Waals surface area contributed by atoms with Crippen molar-refractivity contribution in [2.24, 2.45) is 0 Å². The van der Waals surface area contributed by atoms with Crippen LogP contribution in [-0.4, -0.2) is 20.2 Å². The van der Waals surface area contributed by atoms with Crippen molar-refractivity contribution in [3.8, 4) is 21.9 Å². The summed E-state index contributed by atoms with van der Waals surface area (Å²) in [6.45, 7) is 0. The molecule has 5 rings (SSSR count). The lowest BCUT2D eigenvalue weighted by Crippen LogP contribution is -1.85. The van der Waals surface area contributed by atoms with Gasteiger partial charge in [-0.25, -0.2) is 9.97 Å². The molecule has 0 radical (unpaired) electrons. The van der Waals surface area contributed by atoms with Gasteiger partial charge in [0.2, 0.25) is 11.8 Å². The molecule has 3 aromatic heterocycles. The van der Waals surface area contributed by atoms with Crippen LogP contribution in [0.2, 0.25) is 5.02 Å². The van der Waals surface area contributed by atoms with Gasteiger partial charge in [-0.1, -0.05) is 65.8 Å². The van der Waals surface area contributed by atoms with Crippen LogP contribution >= 0.6 is 34.7 Å². The molecule has 3 heterocycles. The van der Waals surface area contributed by atoms with Gasteiger partial charge in [-0.2, -0.15) is 0 Å². The van der Waals surface area contributed by atoms with E-state index in [4.69, 9.17) is 16.0 Å². The number of aromatic nitrogens is 4. The third kappa shape index (κ3) is 3.76. The van der Waals surface area contributed by atoms with Crippen molar-refractivity contribution in [1.82, 2.24) is 20.2 Å². The molecule has 0 atom stereocenters. The molecule has 0 spiro atoms. The van der Waals surface area contributed by atoms with E-state index >= 15 is 0 Å². The lowest BCUT2D eigenvalue weighted by molar-refractivity contribution is 0.528. The minimum Gasteiger partial charge on any atom is -0.420 e. The van der Waals surface area contributed by atoms with Gasteiger partial charge in [0, 0.05) is 10.3 Å². The average molecular weight is 437 g/mol. The van der Waals surface area contributed by atoms with E-state index in [1.165, 1.54) is 10.4 Å². The van der Waals surface area contributed by atoms with Crippen molar-refractivity contribution in [3.63, 3.8) is 0 Å². The fourth-order valence-electron chi connectivity index (χ4n) is 2.88. The summed E-state index contributed by atoms with van der Waals surface area (Å²) in [4.78, 5) is 11.0. The van der Waals surface area contributed by atoms with Crippen LogP contribution in [0.15, 0.2) is 76.4 Å². The van der Waals surface area contributed by atoms with E-state index < -0.39 is 0 Å². The SMILES string of the molecule is Clc1ccccc1-c1nnc(CSc2ncnc3sc(-c4ccccc4)cc23)o1. The summed E-state index contributed by atoms with van der Waals surface area (Å²) in [5.41, 5.74) is 1.90. The summed E-state index contributed by atoms with van der Waals surface area (Å²) in [5, 5.41) is 10.8. The molecule has 2 aromatic carbocycles. The summed E-state index contributed by atoms with van der Waals surface area (Å²) < 4.78 is 5.79. The minimum atomic E-state index is 0.418. The zero-order valence-electron chi connectivity index (χ0n) is 14.9. The van der Waals surface area contributed by atoms with E-state index in [1.807, 2.05) is 36.4 Å². The van der Waals surface area contributed by atoms with E-state index in [2.05, 4.69) is 38.4 Å². The highest BCUT2D eigenvalue weighted by Crippen LogP contribution is 2.37. The monoisotopic (exact) mass is 436 g/mol. The first kappa shape index (κ1) is 18.3. The first-order valence-corrected chi connectivity index (χ1v) is 11.0. The molecule has 0 saturated carbocycles. The van der Waals surface area contributed by atoms with Crippen molar-refractivity contribution in [1.29, 1.82) is 0 Å². The lowest BCUT2D eigenvalue weighted by Gasteiger charge is -1.99. The van der Waals surface area contributed by atoms with Gasteiger partial charge in [0.05, 0.1) is 16.3 Å². The maximum Gasteiger partial charge on any atom is 0.249 e. The Morgan fingerprint density at radius 1 is 0.966 bits per heavy atom. The van der Waals surface area contributed by atoms with Gasteiger partial charge in [-0.3, -0.25) is 0 Å². The Bertz CT molecular complexity index is 1290. The summed E-state index contributed by atoms with van der Waals surface area (Å²) >= 11 is 9.42. The van der Waals surface area contributed by atoms with Crippen molar-refractivity contribution < 1.29 is 4.42 Å². The molecular formula is C21H13ClN4OS2. The number of rotatable bonds is 5. The lowest BCUT2D eigenvalue weighted by atomic mass is 10.2. The number of thioether (sulfide) groups is 1. The fraction of sp³-hybridized carbons (Fsp3) is 0.0476. The highest BCUT2D eigenvalue weighted by atomic mass is 35.5. The number of thiophene rings is 1. The van der Waals surface area contributed by atoms with E-state index in [1.54, 1.807) is 35.5 Å². The molecule has 0 N–H and O–H groups in total. The van der Waals surface area contributed by atoms with Crippen LogP contribution in [0.1, 0.15) is 5.89 Å². The molecule has 5 nitrogen and oxygen atoms in total. The number of hydrogen-bond acceptors (Lipinski definition) is 7. The van der Waals surface area contributed by atoms with Gasteiger partial charge in [0.1, 0.15) is 16.2 Å². The van der Waals surface area contributed by atoms with E-state index in [0.717, 1.165) is 20.8 Å². The Morgan fingerprint density at radius 3 is 2.66 bits per heavy atom. The smallest absolute Gasteiger partial charge is 0.249 e. The van der Waals surface area contributed by atoms with Gasteiger partial charge >= 0.3 is 0 Å². The maximum atomic E-state index is 6.21. The highest BCUT2D eigenvalue weighted by molar-refractivity contribution is 7.98.